The molecule has 1 aromatic heterocycles. The van der Waals surface area contributed by atoms with E-state index in [-0.39, 0.29) is 12.4 Å². The van der Waals surface area contributed by atoms with Crippen LogP contribution in [0, 0.1) is 0 Å². The van der Waals surface area contributed by atoms with Gasteiger partial charge in [-0.1, -0.05) is 5.21 Å². The number of Topliss-reactive ketones (excluding diaryl/α,β-unsaturated/α-hetero) is 1. The van der Waals surface area contributed by atoms with Gasteiger partial charge in [0.2, 0.25) is 0 Å². The van der Waals surface area contributed by atoms with E-state index in [1.807, 2.05) is 6.92 Å². The average Bonchev–Trinajstić information content (AvgIpc) is 3.13. The molecule has 140 valence electrons. The Morgan fingerprint density at radius 1 is 1.00 bits per heavy atom. The predicted molar refractivity (Wildman–Crippen MR) is 97.4 cm³/mol. The fraction of sp³-hybridized carbons (Fsp3) is 0.263. The lowest BCUT2D eigenvalue weighted by Gasteiger charge is -2.09. The number of rotatable bonds is 7. The van der Waals surface area contributed by atoms with Gasteiger partial charge in [0.05, 0.1) is 25.3 Å². The van der Waals surface area contributed by atoms with Crippen LogP contribution in [0.15, 0.2) is 36.4 Å². The number of esters is 1. The fourth-order valence-corrected chi connectivity index (χ4v) is 2.64. The smallest absolute Gasteiger partial charge is 0.338 e. The van der Waals surface area contributed by atoms with E-state index in [4.69, 9.17) is 14.2 Å². The van der Waals surface area contributed by atoms with Crippen LogP contribution in [-0.4, -0.2) is 47.6 Å². The minimum atomic E-state index is -0.600. The first-order chi connectivity index (χ1) is 13.1. The highest BCUT2D eigenvalue weighted by Crippen LogP contribution is 2.27. The van der Waals surface area contributed by atoms with Crippen LogP contribution in [0.25, 0.3) is 11.0 Å². The Balaban J connectivity index is 1.69. The number of aryl methyl sites for hydroxylation is 1. The Bertz CT molecular complexity index is 996. The molecule has 0 N–H and O–H groups in total. The molecule has 1 heterocycles. The monoisotopic (exact) mass is 369 g/mol. The molecule has 0 spiro atoms. The minimum absolute atomic E-state index is 0.311. The Morgan fingerprint density at radius 2 is 1.74 bits per heavy atom. The first-order valence-electron chi connectivity index (χ1n) is 8.33. The number of hydrogen-bond acceptors (Lipinski definition) is 7. The van der Waals surface area contributed by atoms with E-state index in [0.29, 0.717) is 34.7 Å². The molecule has 0 radical (unpaired) electrons. The Kier molecular flexibility index (Phi) is 5.35. The Labute approximate surface area is 155 Å². The molecule has 8 heteroatoms. The number of carbonyl (C=O) groups is 2. The van der Waals surface area contributed by atoms with Crippen LogP contribution in [0.5, 0.6) is 11.5 Å². The van der Waals surface area contributed by atoms with E-state index in [1.165, 1.54) is 14.2 Å². The van der Waals surface area contributed by atoms with Crippen LogP contribution < -0.4 is 9.47 Å². The Hall–Kier alpha value is -3.42. The second-order valence-corrected chi connectivity index (χ2v) is 5.68. The van der Waals surface area contributed by atoms with Crippen LogP contribution in [0.1, 0.15) is 27.6 Å². The van der Waals surface area contributed by atoms with Crippen LogP contribution in [0.3, 0.4) is 0 Å². The number of fused-ring (bicyclic) bond motifs is 1. The number of benzene rings is 2. The number of ketones is 1. The summed E-state index contributed by atoms with van der Waals surface area (Å²) in [6, 6.07) is 9.74. The SMILES string of the molecule is CCn1nnc2cc(C(=O)OCC(=O)c3ccc(OC)c(OC)c3)ccc21. The molecule has 27 heavy (non-hydrogen) atoms. The number of carbonyl (C=O) groups excluding carboxylic acids is 2. The molecule has 8 nitrogen and oxygen atoms in total. The normalized spacial score (nSPS) is 10.6. The van der Waals surface area contributed by atoms with Crippen molar-refractivity contribution in [2.45, 2.75) is 13.5 Å². The minimum Gasteiger partial charge on any atom is -0.493 e. The van der Waals surface area contributed by atoms with Gasteiger partial charge in [0.15, 0.2) is 23.9 Å². The molecule has 0 aliphatic carbocycles. The summed E-state index contributed by atoms with van der Waals surface area (Å²) in [6.07, 6.45) is 0. The molecule has 0 saturated heterocycles. The maximum absolute atomic E-state index is 12.3. The molecular formula is C19H19N3O5. The summed E-state index contributed by atoms with van der Waals surface area (Å²) < 4.78 is 17.2. The zero-order valence-electron chi connectivity index (χ0n) is 15.3. The van der Waals surface area contributed by atoms with Crippen LogP contribution >= 0.6 is 0 Å². The van der Waals surface area contributed by atoms with Crippen molar-refractivity contribution in [1.82, 2.24) is 15.0 Å². The fourth-order valence-electron chi connectivity index (χ4n) is 2.64. The summed E-state index contributed by atoms with van der Waals surface area (Å²) in [7, 11) is 2.99. The van der Waals surface area contributed by atoms with E-state index in [1.54, 1.807) is 41.1 Å². The maximum Gasteiger partial charge on any atom is 0.338 e. The standard InChI is InChI=1S/C19H19N3O5/c1-4-22-15-7-5-13(9-14(15)20-21-22)19(24)27-11-16(23)12-6-8-17(25-2)18(10-12)26-3/h5-10H,4,11H2,1-3H3. The van der Waals surface area contributed by atoms with Gasteiger partial charge in [0.25, 0.3) is 0 Å². The van der Waals surface area contributed by atoms with E-state index < -0.39 is 5.97 Å². The number of nitrogens with zero attached hydrogens (tertiary/aromatic N) is 3. The molecule has 3 aromatic rings. The second-order valence-electron chi connectivity index (χ2n) is 5.68. The van der Waals surface area contributed by atoms with Gasteiger partial charge in [-0.25, -0.2) is 9.48 Å². The molecule has 0 unspecified atom stereocenters. The Morgan fingerprint density at radius 3 is 2.44 bits per heavy atom. The third-order valence-corrected chi connectivity index (χ3v) is 4.09. The molecule has 0 atom stereocenters. The maximum atomic E-state index is 12.3. The van der Waals surface area contributed by atoms with E-state index in [9.17, 15) is 9.59 Å². The predicted octanol–water partition coefficient (Wildman–Crippen LogP) is 2.51. The van der Waals surface area contributed by atoms with Crippen molar-refractivity contribution in [3.63, 3.8) is 0 Å². The van der Waals surface area contributed by atoms with Crippen LogP contribution in [0.4, 0.5) is 0 Å². The summed E-state index contributed by atoms with van der Waals surface area (Å²) >= 11 is 0. The molecule has 3 rings (SSSR count). The van der Waals surface area contributed by atoms with Crippen molar-refractivity contribution in [3.8, 4) is 11.5 Å². The molecule has 0 amide bonds. The van der Waals surface area contributed by atoms with E-state index in [0.717, 1.165) is 5.52 Å². The van der Waals surface area contributed by atoms with Crippen molar-refractivity contribution < 1.29 is 23.8 Å². The van der Waals surface area contributed by atoms with Crippen molar-refractivity contribution in [3.05, 3.63) is 47.5 Å². The third-order valence-electron chi connectivity index (χ3n) is 4.09. The van der Waals surface area contributed by atoms with Crippen molar-refractivity contribution in [1.29, 1.82) is 0 Å². The number of methoxy groups -OCH3 is 2. The molecule has 0 aliphatic heterocycles. The molecule has 2 aromatic carbocycles. The van der Waals surface area contributed by atoms with Crippen LogP contribution in [-0.2, 0) is 11.3 Å². The lowest BCUT2D eigenvalue weighted by Crippen LogP contribution is -2.14. The van der Waals surface area contributed by atoms with Gasteiger partial charge in [0.1, 0.15) is 5.52 Å². The molecule has 0 saturated carbocycles. The van der Waals surface area contributed by atoms with Gasteiger partial charge in [-0.3, -0.25) is 4.79 Å². The first kappa shape index (κ1) is 18.4. The largest absolute Gasteiger partial charge is 0.493 e. The van der Waals surface area contributed by atoms with Crippen molar-refractivity contribution >= 4 is 22.8 Å². The highest BCUT2D eigenvalue weighted by atomic mass is 16.5. The quantitative estimate of drug-likeness (QED) is 0.467. The van der Waals surface area contributed by atoms with Gasteiger partial charge in [-0.15, -0.1) is 5.10 Å². The van der Waals surface area contributed by atoms with Crippen molar-refractivity contribution in [2.24, 2.45) is 0 Å². The summed E-state index contributed by atoms with van der Waals surface area (Å²) in [5.41, 5.74) is 2.10. The molecule has 0 bridgehead atoms. The lowest BCUT2D eigenvalue weighted by molar-refractivity contribution is 0.0475. The third kappa shape index (κ3) is 3.74. The topological polar surface area (TPSA) is 92.5 Å². The summed E-state index contributed by atoms with van der Waals surface area (Å²) in [5, 5.41) is 8.02. The van der Waals surface area contributed by atoms with E-state index >= 15 is 0 Å². The summed E-state index contributed by atoms with van der Waals surface area (Å²) in [5.74, 6) is -0.00213. The average molecular weight is 369 g/mol. The first-order valence-corrected chi connectivity index (χ1v) is 8.33. The van der Waals surface area contributed by atoms with Crippen LogP contribution in [0.2, 0.25) is 0 Å². The van der Waals surface area contributed by atoms with Gasteiger partial charge in [-0.2, -0.15) is 0 Å². The number of hydrogen-bond donors (Lipinski definition) is 0. The highest BCUT2D eigenvalue weighted by molar-refractivity contribution is 6.00. The zero-order valence-corrected chi connectivity index (χ0v) is 15.3. The van der Waals surface area contributed by atoms with Gasteiger partial charge in [0, 0.05) is 12.1 Å². The van der Waals surface area contributed by atoms with E-state index in [2.05, 4.69) is 10.3 Å². The number of ether oxygens (including phenoxy) is 3. The van der Waals surface area contributed by atoms with Gasteiger partial charge < -0.3 is 14.2 Å². The lowest BCUT2D eigenvalue weighted by atomic mass is 10.1. The summed E-state index contributed by atoms with van der Waals surface area (Å²) in [4.78, 5) is 24.6. The molecular weight excluding hydrogens is 350 g/mol. The second kappa shape index (κ2) is 7.86. The molecule has 0 aliphatic rings. The highest BCUT2D eigenvalue weighted by Gasteiger charge is 2.15. The summed E-state index contributed by atoms with van der Waals surface area (Å²) in [6.45, 7) is 2.25. The van der Waals surface area contributed by atoms with Crippen molar-refractivity contribution in [2.75, 3.05) is 20.8 Å². The zero-order chi connectivity index (χ0) is 19.4. The van der Waals surface area contributed by atoms with Gasteiger partial charge in [-0.05, 0) is 43.3 Å². The van der Waals surface area contributed by atoms with Gasteiger partial charge >= 0.3 is 5.97 Å². The number of aromatic nitrogens is 3. The molecule has 0 fully saturated rings.